The number of ether oxygens (including phenoxy) is 2. The SMILES string of the molecule is COc1ccc([C@@H]2OC[C@@]3(CO)[C@H](C)C=C(C)[C@H]2[C@H]3C)cc1. The summed E-state index contributed by atoms with van der Waals surface area (Å²) in [5.41, 5.74) is 2.42. The van der Waals surface area contributed by atoms with E-state index in [1.807, 2.05) is 12.1 Å². The Morgan fingerprint density at radius 1 is 1.27 bits per heavy atom. The van der Waals surface area contributed by atoms with Gasteiger partial charge in [0.1, 0.15) is 5.75 Å². The van der Waals surface area contributed by atoms with Gasteiger partial charge >= 0.3 is 0 Å². The maximum absolute atomic E-state index is 10.0. The molecule has 1 aliphatic heterocycles. The van der Waals surface area contributed by atoms with E-state index in [1.54, 1.807) is 7.11 Å². The minimum atomic E-state index is -0.146. The number of rotatable bonds is 3. The minimum Gasteiger partial charge on any atom is -0.497 e. The predicted molar refractivity (Wildman–Crippen MR) is 86.8 cm³/mol. The molecule has 5 atom stereocenters. The van der Waals surface area contributed by atoms with Crippen LogP contribution in [-0.2, 0) is 4.74 Å². The number of hydrogen-bond donors (Lipinski definition) is 1. The summed E-state index contributed by atoms with van der Waals surface area (Å²) in [6.45, 7) is 7.47. The van der Waals surface area contributed by atoms with Crippen LogP contribution in [0.4, 0.5) is 0 Å². The van der Waals surface area contributed by atoms with E-state index in [4.69, 9.17) is 9.47 Å². The lowest BCUT2D eigenvalue weighted by molar-refractivity contribution is -0.165. The number of fused-ring (bicyclic) bond motifs is 2. The van der Waals surface area contributed by atoms with Gasteiger partial charge < -0.3 is 14.6 Å². The molecule has 3 nitrogen and oxygen atoms in total. The molecule has 0 saturated carbocycles. The van der Waals surface area contributed by atoms with E-state index < -0.39 is 0 Å². The summed E-state index contributed by atoms with van der Waals surface area (Å²) in [6.07, 6.45) is 2.39. The normalized spacial score (nSPS) is 37.6. The monoisotopic (exact) mass is 302 g/mol. The lowest BCUT2D eigenvalue weighted by Gasteiger charge is -2.55. The Bertz CT molecular complexity index is 563. The molecule has 0 unspecified atom stereocenters. The second-order valence-electron chi connectivity index (χ2n) is 6.91. The Kier molecular flexibility index (Phi) is 4.04. The average Bonchev–Trinajstić information content (AvgIpc) is 2.53. The average molecular weight is 302 g/mol. The van der Waals surface area contributed by atoms with Crippen molar-refractivity contribution in [1.29, 1.82) is 0 Å². The van der Waals surface area contributed by atoms with Crippen molar-refractivity contribution in [2.45, 2.75) is 26.9 Å². The number of aliphatic hydroxyl groups excluding tert-OH is 1. The first-order chi connectivity index (χ1) is 10.5. The predicted octanol–water partition coefficient (Wildman–Crippen LogP) is 3.59. The quantitative estimate of drug-likeness (QED) is 0.867. The standard InChI is InChI=1S/C19H26O3/c1-12-9-13(2)19(10-20)11-22-18(17(12)14(19)3)15-5-7-16(21-4)8-6-15/h5-9,13-14,17-18,20H,10-11H2,1-4H3/t13-,14-,17+,18+,19+/m1/s1. The molecule has 3 rings (SSSR count). The van der Waals surface area contributed by atoms with Crippen LogP contribution >= 0.6 is 0 Å². The molecule has 2 bridgehead atoms. The van der Waals surface area contributed by atoms with Crippen LogP contribution in [0.2, 0.25) is 0 Å². The van der Waals surface area contributed by atoms with Crippen LogP contribution in [-0.4, -0.2) is 25.4 Å². The van der Waals surface area contributed by atoms with Gasteiger partial charge in [0.2, 0.25) is 0 Å². The molecule has 1 N–H and O–H groups in total. The Morgan fingerprint density at radius 3 is 2.55 bits per heavy atom. The van der Waals surface area contributed by atoms with Gasteiger partial charge in [0, 0.05) is 11.3 Å². The van der Waals surface area contributed by atoms with Crippen LogP contribution in [0, 0.1) is 23.2 Å². The molecule has 1 aromatic carbocycles. The largest absolute Gasteiger partial charge is 0.497 e. The van der Waals surface area contributed by atoms with Crippen molar-refractivity contribution in [3.05, 3.63) is 41.5 Å². The second kappa shape index (κ2) is 5.71. The molecule has 1 heterocycles. The van der Waals surface area contributed by atoms with E-state index in [-0.39, 0.29) is 18.1 Å². The first kappa shape index (κ1) is 15.6. The summed E-state index contributed by atoms with van der Waals surface area (Å²) in [4.78, 5) is 0. The molecule has 0 aromatic heterocycles. The zero-order chi connectivity index (χ0) is 15.9. The van der Waals surface area contributed by atoms with E-state index in [0.717, 1.165) is 5.75 Å². The fraction of sp³-hybridized carbons (Fsp3) is 0.579. The fourth-order valence-corrected chi connectivity index (χ4v) is 4.38. The third kappa shape index (κ3) is 2.19. The Labute approximate surface area is 132 Å². The lowest BCUT2D eigenvalue weighted by Crippen LogP contribution is -2.53. The summed E-state index contributed by atoms with van der Waals surface area (Å²) in [6, 6.07) is 8.16. The zero-order valence-corrected chi connectivity index (χ0v) is 13.9. The van der Waals surface area contributed by atoms with Gasteiger partial charge in [-0.15, -0.1) is 0 Å². The summed E-state index contributed by atoms with van der Waals surface area (Å²) < 4.78 is 11.5. The number of methoxy groups -OCH3 is 1. The van der Waals surface area contributed by atoms with Crippen LogP contribution in [0.15, 0.2) is 35.9 Å². The first-order valence-corrected chi connectivity index (χ1v) is 8.08. The fourth-order valence-electron chi connectivity index (χ4n) is 4.38. The van der Waals surface area contributed by atoms with Crippen LogP contribution in [0.25, 0.3) is 0 Å². The van der Waals surface area contributed by atoms with Crippen LogP contribution in [0.5, 0.6) is 5.75 Å². The van der Waals surface area contributed by atoms with Crippen molar-refractivity contribution in [3.63, 3.8) is 0 Å². The van der Waals surface area contributed by atoms with Gasteiger partial charge in [-0.3, -0.25) is 0 Å². The van der Waals surface area contributed by atoms with Crippen molar-refractivity contribution in [2.75, 3.05) is 20.3 Å². The molecule has 2 aliphatic rings. The third-order valence-corrected chi connectivity index (χ3v) is 5.99. The molecular formula is C19H26O3. The summed E-state index contributed by atoms with van der Waals surface area (Å²) in [5.74, 6) is 1.94. The molecule has 1 saturated heterocycles. The van der Waals surface area contributed by atoms with E-state index in [2.05, 4.69) is 39.0 Å². The van der Waals surface area contributed by atoms with E-state index in [0.29, 0.717) is 24.4 Å². The van der Waals surface area contributed by atoms with Gasteiger partial charge in [-0.1, -0.05) is 37.6 Å². The molecule has 1 fully saturated rings. The summed E-state index contributed by atoms with van der Waals surface area (Å²) in [5, 5.41) is 10.0. The molecule has 22 heavy (non-hydrogen) atoms. The van der Waals surface area contributed by atoms with Gasteiger partial charge in [0.15, 0.2) is 0 Å². The Morgan fingerprint density at radius 2 is 1.95 bits per heavy atom. The summed E-state index contributed by atoms with van der Waals surface area (Å²) >= 11 is 0. The van der Waals surface area contributed by atoms with Gasteiger partial charge in [-0.25, -0.2) is 0 Å². The third-order valence-electron chi connectivity index (χ3n) is 5.99. The van der Waals surface area contributed by atoms with Crippen molar-refractivity contribution in [1.82, 2.24) is 0 Å². The molecule has 3 heteroatoms. The van der Waals surface area contributed by atoms with Crippen molar-refractivity contribution in [2.24, 2.45) is 23.2 Å². The smallest absolute Gasteiger partial charge is 0.118 e. The molecule has 120 valence electrons. The van der Waals surface area contributed by atoms with Gasteiger partial charge in [0.05, 0.1) is 26.4 Å². The maximum atomic E-state index is 10.0. The zero-order valence-electron chi connectivity index (χ0n) is 13.9. The second-order valence-corrected chi connectivity index (χ2v) is 6.91. The van der Waals surface area contributed by atoms with Crippen molar-refractivity contribution in [3.8, 4) is 5.75 Å². The molecule has 1 aromatic rings. The number of aliphatic hydroxyl groups is 1. The minimum absolute atomic E-state index is 0.0596. The van der Waals surface area contributed by atoms with Crippen LogP contribution in [0.3, 0.4) is 0 Å². The first-order valence-electron chi connectivity index (χ1n) is 8.08. The number of benzene rings is 1. The number of hydrogen-bond acceptors (Lipinski definition) is 3. The highest BCUT2D eigenvalue weighted by molar-refractivity contribution is 5.32. The highest BCUT2D eigenvalue weighted by atomic mass is 16.5. The molecular weight excluding hydrogens is 276 g/mol. The topological polar surface area (TPSA) is 38.7 Å². The highest BCUT2D eigenvalue weighted by Crippen LogP contribution is 2.55. The molecule has 0 radical (unpaired) electrons. The van der Waals surface area contributed by atoms with Crippen LogP contribution < -0.4 is 4.74 Å². The highest BCUT2D eigenvalue weighted by Gasteiger charge is 2.53. The lowest BCUT2D eigenvalue weighted by atomic mass is 9.56. The molecule has 0 spiro atoms. The van der Waals surface area contributed by atoms with Gasteiger partial charge in [-0.2, -0.15) is 0 Å². The maximum Gasteiger partial charge on any atom is 0.118 e. The van der Waals surface area contributed by atoms with E-state index in [1.165, 1.54) is 11.1 Å². The van der Waals surface area contributed by atoms with E-state index >= 15 is 0 Å². The van der Waals surface area contributed by atoms with Crippen LogP contribution in [0.1, 0.15) is 32.4 Å². The summed E-state index contributed by atoms with van der Waals surface area (Å²) in [7, 11) is 1.68. The van der Waals surface area contributed by atoms with Gasteiger partial charge in [-0.05, 0) is 36.5 Å². The Hall–Kier alpha value is -1.32. The van der Waals surface area contributed by atoms with Crippen molar-refractivity contribution < 1.29 is 14.6 Å². The van der Waals surface area contributed by atoms with Gasteiger partial charge in [0.25, 0.3) is 0 Å². The number of allylic oxidation sites excluding steroid dienone is 1. The molecule has 0 amide bonds. The van der Waals surface area contributed by atoms with E-state index in [9.17, 15) is 5.11 Å². The van der Waals surface area contributed by atoms with Crippen molar-refractivity contribution >= 4 is 0 Å². The molecule has 1 aliphatic carbocycles. The Balaban J connectivity index is 1.97.